The van der Waals surface area contributed by atoms with Gasteiger partial charge in [-0.2, -0.15) is 10.5 Å². The van der Waals surface area contributed by atoms with Crippen LogP contribution in [0, 0.1) is 35.8 Å². The van der Waals surface area contributed by atoms with E-state index < -0.39 is 0 Å². The summed E-state index contributed by atoms with van der Waals surface area (Å²) in [5.41, 5.74) is 9.47. The van der Waals surface area contributed by atoms with E-state index >= 15 is 0 Å². The first kappa shape index (κ1) is 33.1. The second kappa shape index (κ2) is 12.2. The minimum Gasteiger partial charge on any atom is -0.455 e. The van der Waals surface area contributed by atoms with Gasteiger partial charge in [0, 0.05) is 37.9 Å². The van der Waals surface area contributed by atoms with Crippen molar-refractivity contribution in [2.45, 2.75) is 0 Å². The maximum Gasteiger partial charge on any atom is 0.211 e. The number of aromatic nitrogens is 2. The molecule has 274 valence electrons. The van der Waals surface area contributed by atoms with E-state index in [1.807, 2.05) is 112 Å². The Kier molecular flexibility index (Phi) is 6.73. The van der Waals surface area contributed by atoms with Crippen molar-refractivity contribution in [3.8, 4) is 34.6 Å². The molecule has 0 saturated carbocycles. The van der Waals surface area contributed by atoms with Gasteiger partial charge in [-0.3, -0.25) is 0 Å². The number of nitriles is 2. The van der Waals surface area contributed by atoms with Gasteiger partial charge in [0.05, 0.1) is 75.1 Å². The number of hydrogen-bond acceptors (Lipinski definition) is 4. The van der Waals surface area contributed by atoms with Gasteiger partial charge in [0.25, 0.3) is 0 Å². The van der Waals surface area contributed by atoms with Crippen LogP contribution in [-0.2, 0) is 0 Å². The molecule has 12 rings (SSSR count). The minimum atomic E-state index is 0.208. The second-order valence-corrected chi connectivity index (χ2v) is 14.8. The second-order valence-electron chi connectivity index (χ2n) is 14.8. The van der Waals surface area contributed by atoms with E-state index in [9.17, 15) is 10.5 Å². The molecule has 0 fully saturated rings. The topological polar surface area (TPSA) is 92.4 Å². The van der Waals surface area contributed by atoms with Crippen LogP contribution in [0.1, 0.15) is 11.1 Å². The third-order valence-electron chi connectivity index (χ3n) is 11.8. The van der Waals surface area contributed by atoms with Crippen LogP contribution < -0.4 is 0 Å². The van der Waals surface area contributed by atoms with Crippen LogP contribution in [0.5, 0.6) is 0 Å². The summed E-state index contributed by atoms with van der Waals surface area (Å²) in [4.78, 5) is 7.87. The predicted octanol–water partition coefficient (Wildman–Crippen LogP) is 14.2. The summed E-state index contributed by atoms with van der Waals surface area (Å²) >= 11 is 0. The van der Waals surface area contributed by atoms with Crippen LogP contribution in [0.4, 0.5) is 11.4 Å². The van der Waals surface area contributed by atoms with Crippen molar-refractivity contribution in [1.82, 2.24) is 9.13 Å². The lowest BCUT2D eigenvalue weighted by molar-refractivity contribution is 0.672. The van der Waals surface area contributed by atoms with Crippen molar-refractivity contribution < 1.29 is 8.83 Å². The summed E-state index contributed by atoms with van der Waals surface area (Å²) in [6.07, 6.45) is 0. The van der Waals surface area contributed by atoms with E-state index in [0.29, 0.717) is 28.1 Å². The van der Waals surface area contributed by atoms with Gasteiger partial charge in [-0.05, 0) is 83.9 Å². The van der Waals surface area contributed by atoms with Crippen molar-refractivity contribution >= 4 is 98.9 Å². The van der Waals surface area contributed by atoms with Crippen molar-refractivity contribution in [1.29, 1.82) is 10.5 Å². The smallest absolute Gasteiger partial charge is 0.211 e. The van der Waals surface area contributed by atoms with Crippen LogP contribution in [0.3, 0.4) is 0 Å². The van der Waals surface area contributed by atoms with Crippen LogP contribution >= 0.6 is 0 Å². The maximum absolute atomic E-state index is 10.7. The molecule has 0 radical (unpaired) electrons. The highest BCUT2D eigenvalue weighted by Crippen LogP contribution is 2.47. The summed E-state index contributed by atoms with van der Waals surface area (Å²) < 4.78 is 17.1. The first-order chi connectivity index (χ1) is 29.6. The van der Waals surface area contributed by atoms with E-state index in [1.54, 1.807) is 12.1 Å². The molecule has 4 heterocycles. The zero-order valence-corrected chi connectivity index (χ0v) is 31.4. The molecule has 0 N–H and O–H groups in total. The van der Waals surface area contributed by atoms with E-state index in [-0.39, 0.29) is 16.9 Å². The van der Waals surface area contributed by atoms with Gasteiger partial charge < -0.3 is 18.0 Å². The minimum absolute atomic E-state index is 0.208. The van der Waals surface area contributed by atoms with Crippen molar-refractivity contribution in [3.63, 3.8) is 0 Å². The van der Waals surface area contributed by atoms with E-state index in [4.69, 9.17) is 22.0 Å². The molecule has 0 bridgehead atoms. The monoisotopic (exact) mass is 764 g/mol. The number of benzene rings is 8. The molecule has 4 aromatic heterocycles. The Balaban J connectivity index is 1.16. The van der Waals surface area contributed by atoms with E-state index in [1.165, 1.54) is 0 Å². The van der Waals surface area contributed by atoms with Gasteiger partial charge in [0.2, 0.25) is 5.69 Å². The van der Waals surface area contributed by atoms with Crippen LogP contribution in [0.2, 0.25) is 0 Å². The number of nitrogens with zero attached hydrogens (tertiary/aromatic N) is 6. The first-order valence-corrected chi connectivity index (χ1v) is 19.2. The molecule has 12 aromatic rings. The standard InChI is InChI=1S/C52H24N6O2/c1-55-39-24-30(28-54)45(57-41-15-7-3-13-35(41)49-43(57)21-19-33-31-11-5-9-17-47(31)59-51(33)49)26-38(39)37-25-46(40(56-2)23-29(37)27-53)58-42-16-8-4-14-36(42)50-44(58)22-20-34-32-12-6-10-18-48(32)60-52(34)50/h3-26H. The van der Waals surface area contributed by atoms with Crippen molar-refractivity contribution in [2.75, 3.05) is 0 Å². The lowest BCUT2D eigenvalue weighted by atomic mass is 9.95. The lowest BCUT2D eigenvalue weighted by Crippen LogP contribution is -2.00. The summed E-state index contributed by atoms with van der Waals surface area (Å²) in [6, 6.07) is 51.7. The first-order valence-electron chi connectivity index (χ1n) is 19.2. The summed E-state index contributed by atoms with van der Waals surface area (Å²) in [7, 11) is 0. The highest BCUT2D eigenvalue weighted by atomic mass is 16.3. The highest BCUT2D eigenvalue weighted by molar-refractivity contribution is 6.25. The fourth-order valence-corrected chi connectivity index (χ4v) is 9.31. The van der Waals surface area contributed by atoms with Gasteiger partial charge in [-0.25, -0.2) is 9.69 Å². The van der Waals surface area contributed by atoms with Crippen LogP contribution in [0.25, 0.3) is 120 Å². The average molecular weight is 765 g/mol. The van der Waals surface area contributed by atoms with Gasteiger partial charge in [-0.15, -0.1) is 0 Å². The Morgan fingerprint density at radius 3 is 1.43 bits per heavy atom. The SMILES string of the molecule is [C-]#[N+]c1cc(C#N)c(-n2c3ccccc3c3c4oc5ccccc5c4ccc32)cc1-c1cc(-n2c3ccccc3c3c4oc5ccccc5c4ccc32)c([N+]#[C-])cc1C#N. The maximum atomic E-state index is 10.7. The third-order valence-corrected chi connectivity index (χ3v) is 11.8. The molecule has 8 aromatic carbocycles. The largest absolute Gasteiger partial charge is 0.455 e. The Bertz CT molecular complexity index is 3810. The fraction of sp³-hybridized carbons (Fsp3) is 0. The number of rotatable bonds is 3. The fourth-order valence-electron chi connectivity index (χ4n) is 9.31. The Morgan fingerprint density at radius 1 is 0.433 bits per heavy atom. The molecule has 8 heteroatoms. The highest BCUT2D eigenvalue weighted by Gasteiger charge is 2.25. The van der Waals surface area contributed by atoms with Gasteiger partial charge >= 0.3 is 0 Å². The molecule has 0 aliphatic heterocycles. The normalized spacial score (nSPS) is 11.6. The zero-order valence-electron chi connectivity index (χ0n) is 31.4. The van der Waals surface area contributed by atoms with Gasteiger partial charge in [-0.1, -0.05) is 72.8 Å². The molecular formula is C52H24N6O2. The number of hydrogen-bond donors (Lipinski definition) is 0. The number of fused-ring (bicyclic) bond motifs is 14. The average Bonchev–Trinajstić information content (AvgIpc) is 4.05. The molecule has 0 spiro atoms. The van der Waals surface area contributed by atoms with E-state index in [0.717, 1.165) is 87.5 Å². The molecule has 60 heavy (non-hydrogen) atoms. The summed E-state index contributed by atoms with van der Waals surface area (Å²) in [5.74, 6) is 0. The summed E-state index contributed by atoms with van der Waals surface area (Å²) in [6.45, 7) is 16.7. The van der Waals surface area contributed by atoms with Crippen LogP contribution in [-0.4, -0.2) is 9.13 Å². The lowest BCUT2D eigenvalue weighted by Gasteiger charge is -2.17. The zero-order chi connectivity index (χ0) is 40.2. The third kappa shape index (κ3) is 4.34. The van der Waals surface area contributed by atoms with Gasteiger partial charge in [0.1, 0.15) is 22.3 Å². The van der Waals surface area contributed by atoms with Gasteiger partial charge in [0.15, 0.2) is 5.69 Å². The van der Waals surface area contributed by atoms with E-state index in [2.05, 4.69) is 52.2 Å². The Labute approximate surface area is 340 Å². The molecule has 8 nitrogen and oxygen atoms in total. The number of para-hydroxylation sites is 4. The number of furan rings is 2. The molecule has 0 aliphatic rings. The molecule has 0 amide bonds. The Morgan fingerprint density at radius 2 is 0.900 bits per heavy atom. The molecule has 0 saturated heterocycles. The van der Waals surface area contributed by atoms with Crippen LogP contribution in [0.15, 0.2) is 154 Å². The molecule has 0 aliphatic carbocycles. The Hall–Kier alpha value is -9.08. The van der Waals surface area contributed by atoms with Crippen molar-refractivity contribution in [3.05, 3.63) is 180 Å². The predicted molar refractivity (Wildman–Crippen MR) is 237 cm³/mol. The van der Waals surface area contributed by atoms with Crippen molar-refractivity contribution in [2.24, 2.45) is 0 Å². The summed E-state index contributed by atoms with van der Waals surface area (Å²) in [5, 5.41) is 29.1. The quantitative estimate of drug-likeness (QED) is 0.167. The molecule has 0 unspecified atom stereocenters. The molecular weight excluding hydrogens is 741 g/mol. The molecule has 0 atom stereocenters.